The standard InChI is InChI=1S/C19H17N3O2/c1-12-7-9-14(10-8-12)18-20-13(2)11-17(22-18)21-16-6-4-3-5-15(16)19(23)24/h3-11H,1-2H3,(H,23,24)(H,20,21,22). The van der Waals surface area contributed by atoms with Crippen molar-refractivity contribution in [2.75, 3.05) is 5.32 Å². The van der Waals surface area contributed by atoms with E-state index in [0.717, 1.165) is 11.3 Å². The van der Waals surface area contributed by atoms with Gasteiger partial charge in [-0.15, -0.1) is 0 Å². The van der Waals surface area contributed by atoms with Gasteiger partial charge in [0.1, 0.15) is 5.82 Å². The minimum Gasteiger partial charge on any atom is -0.478 e. The lowest BCUT2D eigenvalue weighted by Crippen LogP contribution is -2.04. The molecule has 5 nitrogen and oxygen atoms in total. The van der Waals surface area contributed by atoms with Crippen molar-refractivity contribution in [3.05, 3.63) is 71.4 Å². The van der Waals surface area contributed by atoms with Crippen molar-refractivity contribution in [2.45, 2.75) is 13.8 Å². The number of carbonyl (C=O) groups is 1. The SMILES string of the molecule is Cc1ccc(-c2nc(C)cc(Nc3ccccc3C(=O)O)n2)cc1. The summed E-state index contributed by atoms with van der Waals surface area (Å²) in [7, 11) is 0. The van der Waals surface area contributed by atoms with Gasteiger partial charge in [0.2, 0.25) is 0 Å². The van der Waals surface area contributed by atoms with Crippen LogP contribution < -0.4 is 5.32 Å². The summed E-state index contributed by atoms with van der Waals surface area (Å²) in [6, 6.07) is 16.5. The van der Waals surface area contributed by atoms with Crippen LogP contribution in [-0.4, -0.2) is 21.0 Å². The Kier molecular flexibility index (Phi) is 4.24. The van der Waals surface area contributed by atoms with Crippen LogP contribution >= 0.6 is 0 Å². The van der Waals surface area contributed by atoms with E-state index in [9.17, 15) is 9.90 Å². The number of carboxylic acid groups (broad SMARTS) is 1. The molecule has 5 heteroatoms. The van der Waals surface area contributed by atoms with Gasteiger partial charge in [0.05, 0.1) is 11.3 Å². The fourth-order valence-electron chi connectivity index (χ4n) is 2.38. The first-order chi connectivity index (χ1) is 11.5. The highest BCUT2D eigenvalue weighted by molar-refractivity contribution is 5.95. The number of aromatic carboxylic acids is 1. The number of para-hydroxylation sites is 1. The summed E-state index contributed by atoms with van der Waals surface area (Å²) >= 11 is 0. The molecule has 3 aromatic rings. The van der Waals surface area contributed by atoms with Gasteiger partial charge in [-0.2, -0.15) is 0 Å². The lowest BCUT2D eigenvalue weighted by molar-refractivity contribution is 0.0698. The number of carboxylic acids is 1. The Morgan fingerprint density at radius 3 is 2.42 bits per heavy atom. The number of nitrogens with zero attached hydrogens (tertiary/aromatic N) is 2. The molecular formula is C19H17N3O2. The summed E-state index contributed by atoms with van der Waals surface area (Å²) < 4.78 is 0. The number of benzene rings is 2. The molecule has 120 valence electrons. The van der Waals surface area contributed by atoms with Crippen LogP contribution in [0.25, 0.3) is 11.4 Å². The van der Waals surface area contributed by atoms with Crippen molar-refractivity contribution >= 4 is 17.5 Å². The Bertz CT molecular complexity index is 889. The first-order valence-electron chi connectivity index (χ1n) is 7.55. The predicted molar refractivity (Wildman–Crippen MR) is 93.6 cm³/mol. The molecule has 1 heterocycles. The van der Waals surface area contributed by atoms with Gasteiger partial charge in [0, 0.05) is 17.3 Å². The summed E-state index contributed by atoms with van der Waals surface area (Å²) in [4.78, 5) is 20.3. The average molecular weight is 319 g/mol. The lowest BCUT2D eigenvalue weighted by atomic mass is 10.1. The number of aryl methyl sites for hydroxylation is 2. The first kappa shape index (κ1) is 15.7. The molecule has 2 N–H and O–H groups in total. The molecule has 1 aromatic heterocycles. The maximum Gasteiger partial charge on any atom is 0.337 e. The van der Waals surface area contributed by atoms with Crippen molar-refractivity contribution in [1.29, 1.82) is 0 Å². The Hall–Kier alpha value is -3.21. The normalized spacial score (nSPS) is 10.4. The number of hydrogen-bond acceptors (Lipinski definition) is 4. The van der Waals surface area contributed by atoms with E-state index >= 15 is 0 Å². The van der Waals surface area contributed by atoms with Crippen LogP contribution in [0.3, 0.4) is 0 Å². The van der Waals surface area contributed by atoms with Gasteiger partial charge in [-0.05, 0) is 26.0 Å². The molecule has 0 atom stereocenters. The maximum absolute atomic E-state index is 11.3. The van der Waals surface area contributed by atoms with Crippen molar-refractivity contribution in [3.63, 3.8) is 0 Å². The molecule has 0 aliphatic rings. The summed E-state index contributed by atoms with van der Waals surface area (Å²) in [5, 5.41) is 12.4. The molecule has 0 bridgehead atoms. The molecule has 0 amide bonds. The summed E-state index contributed by atoms with van der Waals surface area (Å²) in [6.07, 6.45) is 0. The van der Waals surface area contributed by atoms with E-state index in [-0.39, 0.29) is 5.56 Å². The van der Waals surface area contributed by atoms with E-state index < -0.39 is 5.97 Å². The van der Waals surface area contributed by atoms with E-state index in [1.165, 1.54) is 5.56 Å². The quantitative estimate of drug-likeness (QED) is 0.753. The van der Waals surface area contributed by atoms with Crippen LogP contribution in [0.5, 0.6) is 0 Å². The Balaban J connectivity index is 1.98. The second-order valence-electron chi connectivity index (χ2n) is 5.56. The molecule has 3 rings (SSSR count). The molecular weight excluding hydrogens is 302 g/mol. The van der Waals surface area contributed by atoms with Gasteiger partial charge in [-0.3, -0.25) is 0 Å². The van der Waals surface area contributed by atoms with Crippen LogP contribution in [-0.2, 0) is 0 Å². The van der Waals surface area contributed by atoms with Crippen molar-refractivity contribution < 1.29 is 9.90 Å². The van der Waals surface area contributed by atoms with Crippen molar-refractivity contribution in [1.82, 2.24) is 9.97 Å². The molecule has 0 aliphatic carbocycles. The van der Waals surface area contributed by atoms with Crippen LogP contribution in [0.15, 0.2) is 54.6 Å². The van der Waals surface area contributed by atoms with E-state index in [2.05, 4.69) is 15.3 Å². The number of rotatable bonds is 4. The zero-order valence-corrected chi connectivity index (χ0v) is 13.4. The Morgan fingerprint density at radius 1 is 1.00 bits per heavy atom. The van der Waals surface area contributed by atoms with E-state index in [0.29, 0.717) is 17.3 Å². The van der Waals surface area contributed by atoms with Crippen molar-refractivity contribution in [3.8, 4) is 11.4 Å². The predicted octanol–water partition coefficient (Wildman–Crippen LogP) is 4.20. The fourth-order valence-corrected chi connectivity index (χ4v) is 2.38. The fraction of sp³-hybridized carbons (Fsp3) is 0.105. The van der Waals surface area contributed by atoms with Crippen molar-refractivity contribution in [2.24, 2.45) is 0 Å². The molecule has 2 aromatic carbocycles. The second kappa shape index (κ2) is 6.50. The first-order valence-corrected chi connectivity index (χ1v) is 7.55. The van der Waals surface area contributed by atoms with Gasteiger partial charge >= 0.3 is 5.97 Å². The molecule has 0 aliphatic heterocycles. The number of anilines is 2. The van der Waals surface area contributed by atoms with Gasteiger partial charge in [-0.25, -0.2) is 14.8 Å². The van der Waals surface area contributed by atoms with E-state index in [1.807, 2.05) is 38.1 Å². The molecule has 0 unspecified atom stereocenters. The summed E-state index contributed by atoms with van der Waals surface area (Å²) in [6.45, 7) is 3.91. The van der Waals surface area contributed by atoms with Crippen LogP contribution in [0.4, 0.5) is 11.5 Å². The number of aromatic nitrogens is 2. The van der Waals surface area contributed by atoms with Gasteiger partial charge < -0.3 is 10.4 Å². The highest BCUT2D eigenvalue weighted by atomic mass is 16.4. The molecule has 0 spiro atoms. The second-order valence-corrected chi connectivity index (χ2v) is 5.56. The average Bonchev–Trinajstić information content (AvgIpc) is 2.55. The van der Waals surface area contributed by atoms with Gasteiger partial charge in [0.15, 0.2) is 5.82 Å². The molecule has 24 heavy (non-hydrogen) atoms. The Labute approximate surface area is 140 Å². The maximum atomic E-state index is 11.3. The zero-order valence-electron chi connectivity index (χ0n) is 13.4. The minimum absolute atomic E-state index is 0.200. The van der Waals surface area contributed by atoms with Crippen LogP contribution in [0, 0.1) is 13.8 Å². The smallest absolute Gasteiger partial charge is 0.337 e. The zero-order chi connectivity index (χ0) is 17.1. The molecule has 0 fully saturated rings. The molecule has 0 saturated heterocycles. The largest absolute Gasteiger partial charge is 0.478 e. The Morgan fingerprint density at radius 2 is 1.71 bits per heavy atom. The third-order valence-electron chi connectivity index (χ3n) is 3.58. The monoisotopic (exact) mass is 319 g/mol. The van der Waals surface area contributed by atoms with Gasteiger partial charge in [-0.1, -0.05) is 42.0 Å². The number of hydrogen-bond donors (Lipinski definition) is 2. The highest BCUT2D eigenvalue weighted by Gasteiger charge is 2.11. The van der Waals surface area contributed by atoms with Crippen LogP contribution in [0.2, 0.25) is 0 Å². The van der Waals surface area contributed by atoms with Crippen LogP contribution in [0.1, 0.15) is 21.6 Å². The third kappa shape index (κ3) is 3.41. The third-order valence-corrected chi connectivity index (χ3v) is 3.58. The highest BCUT2D eigenvalue weighted by Crippen LogP contribution is 2.23. The topological polar surface area (TPSA) is 75.1 Å². The lowest BCUT2D eigenvalue weighted by Gasteiger charge is -2.11. The van der Waals surface area contributed by atoms with Gasteiger partial charge in [0.25, 0.3) is 0 Å². The van der Waals surface area contributed by atoms with E-state index in [4.69, 9.17) is 0 Å². The van der Waals surface area contributed by atoms with E-state index in [1.54, 1.807) is 30.3 Å². The summed E-state index contributed by atoms with van der Waals surface area (Å²) in [5.41, 5.74) is 3.58. The molecule has 0 saturated carbocycles. The summed E-state index contributed by atoms with van der Waals surface area (Å²) in [5.74, 6) is 0.180. The molecule has 0 radical (unpaired) electrons. The minimum atomic E-state index is -0.984. The number of nitrogens with one attached hydrogen (secondary N) is 1.